The molecule has 4 heteroatoms. The van der Waals surface area contributed by atoms with Gasteiger partial charge < -0.3 is 19.5 Å². The zero-order valence-corrected chi connectivity index (χ0v) is 10.2. The first kappa shape index (κ1) is 10.9. The highest BCUT2D eigenvalue weighted by molar-refractivity contribution is 5.53. The van der Waals surface area contributed by atoms with Gasteiger partial charge in [-0.15, -0.1) is 0 Å². The highest BCUT2D eigenvalue weighted by Gasteiger charge is 2.32. The monoisotopic (exact) mass is 235 g/mol. The molecule has 4 nitrogen and oxygen atoms in total. The molecule has 0 fully saturated rings. The Labute approximate surface area is 101 Å². The molecule has 2 atom stereocenters. The van der Waals surface area contributed by atoms with Crippen LogP contribution in [0.3, 0.4) is 0 Å². The largest absolute Gasteiger partial charge is 0.454 e. The summed E-state index contributed by atoms with van der Waals surface area (Å²) in [6.45, 7) is 0.332. The van der Waals surface area contributed by atoms with E-state index in [9.17, 15) is 0 Å². The number of rotatable bonds is 2. The van der Waals surface area contributed by atoms with Crippen LogP contribution in [0.15, 0.2) is 12.1 Å². The molecule has 1 aliphatic heterocycles. The summed E-state index contributed by atoms with van der Waals surface area (Å²) in [6, 6.07) is 4.51. The van der Waals surface area contributed by atoms with E-state index >= 15 is 0 Å². The first-order valence-corrected chi connectivity index (χ1v) is 5.94. The molecule has 0 saturated carbocycles. The molecule has 1 unspecified atom stereocenters. The van der Waals surface area contributed by atoms with Gasteiger partial charge in [0.2, 0.25) is 6.79 Å². The smallest absolute Gasteiger partial charge is 0.231 e. The molecule has 3 rings (SSSR count). The van der Waals surface area contributed by atoms with Crippen LogP contribution in [0.5, 0.6) is 11.5 Å². The van der Waals surface area contributed by atoms with Crippen LogP contribution in [-0.2, 0) is 17.6 Å². The van der Waals surface area contributed by atoms with E-state index in [1.807, 2.05) is 13.1 Å². The van der Waals surface area contributed by atoms with Gasteiger partial charge in [0.05, 0.1) is 6.10 Å². The lowest BCUT2D eigenvalue weighted by Gasteiger charge is -2.32. The highest BCUT2D eigenvalue weighted by atomic mass is 16.7. The summed E-state index contributed by atoms with van der Waals surface area (Å²) in [4.78, 5) is 0. The van der Waals surface area contributed by atoms with Gasteiger partial charge in [-0.2, -0.15) is 0 Å². The molecule has 0 amide bonds. The van der Waals surface area contributed by atoms with Gasteiger partial charge in [0.1, 0.15) is 0 Å². The van der Waals surface area contributed by atoms with E-state index < -0.39 is 0 Å². The van der Waals surface area contributed by atoms with Crippen LogP contribution in [0.2, 0.25) is 0 Å². The van der Waals surface area contributed by atoms with Gasteiger partial charge in [-0.05, 0) is 25.1 Å². The summed E-state index contributed by atoms with van der Waals surface area (Å²) < 4.78 is 16.5. The van der Waals surface area contributed by atoms with E-state index in [1.54, 1.807) is 7.11 Å². The Morgan fingerprint density at radius 2 is 2.18 bits per heavy atom. The number of hydrogen-bond donors (Lipinski definition) is 1. The molecule has 17 heavy (non-hydrogen) atoms. The van der Waals surface area contributed by atoms with Gasteiger partial charge in [0, 0.05) is 25.1 Å². The Morgan fingerprint density at radius 3 is 2.94 bits per heavy atom. The van der Waals surface area contributed by atoms with Crippen molar-refractivity contribution in [2.24, 2.45) is 0 Å². The van der Waals surface area contributed by atoms with Crippen LogP contribution >= 0.6 is 0 Å². The third-order valence-corrected chi connectivity index (χ3v) is 3.71. The molecule has 0 spiro atoms. The molecule has 92 valence electrons. The predicted molar refractivity (Wildman–Crippen MR) is 63.6 cm³/mol. The lowest BCUT2D eigenvalue weighted by Crippen LogP contribution is -2.44. The molecule has 1 heterocycles. The SMILES string of the molecule is CNC1Cc2ccc3c(c2C[C@H]1OC)OCO3. The molecule has 0 bridgehead atoms. The van der Waals surface area contributed by atoms with Crippen LogP contribution in [0, 0.1) is 0 Å². The van der Waals surface area contributed by atoms with Crippen LogP contribution < -0.4 is 14.8 Å². The summed E-state index contributed by atoms with van der Waals surface area (Å²) in [5, 5.41) is 3.32. The van der Waals surface area contributed by atoms with Gasteiger partial charge in [-0.1, -0.05) is 6.07 Å². The van der Waals surface area contributed by atoms with E-state index in [0.717, 1.165) is 24.3 Å². The Hall–Kier alpha value is -1.26. The van der Waals surface area contributed by atoms with Crippen LogP contribution in [0.4, 0.5) is 0 Å². The third-order valence-electron chi connectivity index (χ3n) is 3.71. The maximum Gasteiger partial charge on any atom is 0.231 e. The van der Waals surface area contributed by atoms with Crippen LogP contribution in [0.25, 0.3) is 0 Å². The van der Waals surface area contributed by atoms with Gasteiger partial charge in [-0.3, -0.25) is 0 Å². The molecule has 2 aliphatic rings. The fourth-order valence-corrected chi connectivity index (χ4v) is 2.73. The van der Waals surface area contributed by atoms with Crippen LogP contribution in [0.1, 0.15) is 11.1 Å². The first-order valence-electron chi connectivity index (χ1n) is 5.94. The Balaban J connectivity index is 2.00. The highest BCUT2D eigenvalue weighted by Crippen LogP contribution is 2.40. The van der Waals surface area contributed by atoms with Crippen molar-refractivity contribution in [1.29, 1.82) is 0 Å². The second kappa shape index (κ2) is 4.20. The number of benzene rings is 1. The summed E-state index contributed by atoms with van der Waals surface area (Å²) in [5.74, 6) is 1.78. The third kappa shape index (κ3) is 1.68. The molecule has 0 aromatic heterocycles. The van der Waals surface area contributed by atoms with Crippen molar-refractivity contribution in [3.05, 3.63) is 23.3 Å². The van der Waals surface area contributed by atoms with Crippen LogP contribution in [-0.4, -0.2) is 33.1 Å². The molecular weight excluding hydrogens is 218 g/mol. The second-order valence-electron chi connectivity index (χ2n) is 4.51. The van der Waals surface area contributed by atoms with Gasteiger partial charge in [-0.25, -0.2) is 0 Å². The fourth-order valence-electron chi connectivity index (χ4n) is 2.73. The van der Waals surface area contributed by atoms with Gasteiger partial charge in [0.25, 0.3) is 0 Å². The minimum absolute atomic E-state index is 0.197. The molecule has 0 radical (unpaired) electrons. The molecule has 1 aliphatic carbocycles. The topological polar surface area (TPSA) is 39.7 Å². The predicted octanol–water partition coefficient (Wildman–Crippen LogP) is 1.12. The average molecular weight is 235 g/mol. The summed E-state index contributed by atoms with van der Waals surface area (Å²) in [7, 11) is 3.75. The van der Waals surface area contributed by atoms with Gasteiger partial charge in [0.15, 0.2) is 11.5 Å². The van der Waals surface area contributed by atoms with Crippen molar-refractivity contribution in [1.82, 2.24) is 5.32 Å². The maximum absolute atomic E-state index is 5.56. The lowest BCUT2D eigenvalue weighted by molar-refractivity contribution is 0.0648. The molecular formula is C13H17NO3. The molecule has 1 aromatic carbocycles. The fraction of sp³-hybridized carbons (Fsp3) is 0.538. The number of fused-ring (bicyclic) bond motifs is 3. The quantitative estimate of drug-likeness (QED) is 0.833. The molecule has 0 saturated heterocycles. The number of hydrogen-bond acceptors (Lipinski definition) is 4. The molecule has 1 N–H and O–H groups in total. The van der Waals surface area contributed by atoms with Crippen molar-refractivity contribution in [3.63, 3.8) is 0 Å². The maximum atomic E-state index is 5.56. The Morgan fingerprint density at radius 1 is 1.29 bits per heavy atom. The normalized spacial score (nSPS) is 25.8. The Bertz CT molecular complexity index is 433. The first-order chi connectivity index (χ1) is 8.33. The zero-order valence-electron chi connectivity index (χ0n) is 10.2. The van der Waals surface area contributed by atoms with Crippen molar-refractivity contribution >= 4 is 0 Å². The van der Waals surface area contributed by atoms with E-state index in [1.165, 1.54) is 11.1 Å². The number of ether oxygens (including phenoxy) is 3. The van der Waals surface area contributed by atoms with E-state index in [0.29, 0.717) is 12.8 Å². The number of methoxy groups -OCH3 is 1. The number of nitrogens with one attached hydrogen (secondary N) is 1. The zero-order chi connectivity index (χ0) is 11.8. The second-order valence-corrected chi connectivity index (χ2v) is 4.51. The lowest BCUT2D eigenvalue weighted by atomic mass is 9.85. The van der Waals surface area contributed by atoms with Crippen molar-refractivity contribution < 1.29 is 14.2 Å². The minimum atomic E-state index is 0.197. The van der Waals surface area contributed by atoms with E-state index in [-0.39, 0.29) is 6.10 Å². The van der Waals surface area contributed by atoms with Crippen molar-refractivity contribution in [2.75, 3.05) is 21.0 Å². The van der Waals surface area contributed by atoms with Gasteiger partial charge >= 0.3 is 0 Å². The van der Waals surface area contributed by atoms with E-state index in [2.05, 4.69) is 11.4 Å². The Kier molecular flexibility index (Phi) is 2.68. The molecule has 1 aromatic rings. The van der Waals surface area contributed by atoms with Crippen molar-refractivity contribution in [3.8, 4) is 11.5 Å². The standard InChI is InChI=1S/C13H17NO3/c1-14-10-5-8-3-4-11-13(17-7-16-11)9(8)6-12(10)15-2/h3-4,10,12,14H,5-7H2,1-2H3/t10?,12-/m1/s1. The minimum Gasteiger partial charge on any atom is -0.454 e. The average Bonchev–Trinajstić information content (AvgIpc) is 2.85. The van der Waals surface area contributed by atoms with E-state index in [4.69, 9.17) is 14.2 Å². The summed E-state index contributed by atoms with van der Waals surface area (Å²) in [6.07, 6.45) is 2.05. The summed E-state index contributed by atoms with van der Waals surface area (Å²) >= 11 is 0. The summed E-state index contributed by atoms with van der Waals surface area (Å²) in [5.41, 5.74) is 2.58. The number of likely N-dealkylation sites (N-methyl/N-ethyl adjacent to an activating group) is 1. The van der Waals surface area contributed by atoms with Crippen molar-refractivity contribution in [2.45, 2.75) is 25.0 Å².